The smallest absolute Gasteiger partial charge is 0.270 e. The van der Waals surface area contributed by atoms with Crippen LogP contribution in [0, 0.1) is 0 Å². The number of nitrogens with zero attached hydrogens (tertiary/aromatic N) is 3. The van der Waals surface area contributed by atoms with Crippen molar-refractivity contribution >= 4 is 16.8 Å². The van der Waals surface area contributed by atoms with Crippen molar-refractivity contribution in [1.82, 2.24) is 14.4 Å². The number of β-amino-alcohol motifs (C(OH)–C–C–N with tert-alkyl or cyclic N) is 1. The predicted octanol–water partition coefficient (Wildman–Crippen LogP) is 1.04. The molecule has 1 N–H and O–H groups in total. The normalized spacial score (nSPS) is 16.0. The number of hydrogen-bond acceptors (Lipinski definition) is 4. The Hall–Kier alpha value is -1.89. The van der Waals surface area contributed by atoms with Gasteiger partial charge in [-0.05, 0) is 12.1 Å². The van der Waals surface area contributed by atoms with Crippen LogP contribution >= 0.6 is 0 Å². The Bertz CT molecular complexity index is 690. The molecule has 1 fully saturated rings. The first kappa shape index (κ1) is 17.0. The van der Waals surface area contributed by atoms with E-state index < -0.39 is 0 Å². The maximum Gasteiger partial charge on any atom is 0.270 e. The molecule has 0 aliphatic carbocycles. The van der Waals surface area contributed by atoms with Gasteiger partial charge in [0.15, 0.2) is 0 Å². The maximum absolute atomic E-state index is 13.0. The van der Waals surface area contributed by atoms with Crippen LogP contribution in [0.5, 0.6) is 0 Å². The molecule has 1 amide bonds. The predicted molar refractivity (Wildman–Crippen MR) is 93.2 cm³/mol. The second-order valence-electron chi connectivity index (χ2n) is 6.09. The molecule has 1 aromatic carbocycles. The van der Waals surface area contributed by atoms with E-state index in [0.29, 0.717) is 32.8 Å². The van der Waals surface area contributed by atoms with Crippen LogP contribution in [-0.4, -0.2) is 78.4 Å². The van der Waals surface area contributed by atoms with Crippen LogP contribution in [0.3, 0.4) is 0 Å². The first-order valence-corrected chi connectivity index (χ1v) is 8.44. The van der Waals surface area contributed by atoms with Gasteiger partial charge in [0.2, 0.25) is 0 Å². The highest BCUT2D eigenvalue weighted by Gasteiger charge is 2.24. The summed E-state index contributed by atoms with van der Waals surface area (Å²) in [4.78, 5) is 17.1. The van der Waals surface area contributed by atoms with Crippen molar-refractivity contribution in [1.29, 1.82) is 0 Å². The molecule has 0 bridgehead atoms. The van der Waals surface area contributed by atoms with Crippen LogP contribution < -0.4 is 0 Å². The second kappa shape index (κ2) is 7.79. The minimum absolute atomic E-state index is 0.0750. The number of aliphatic hydroxyl groups excluding tert-OH is 1. The highest BCUT2D eigenvalue weighted by atomic mass is 16.5. The number of carbonyl (C=O) groups excluding carboxylic acids is 1. The second-order valence-corrected chi connectivity index (χ2v) is 6.09. The summed E-state index contributed by atoms with van der Waals surface area (Å²) < 4.78 is 7.27. The molecule has 1 aliphatic rings. The highest BCUT2D eigenvalue weighted by Crippen LogP contribution is 2.21. The van der Waals surface area contributed by atoms with E-state index in [9.17, 15) is 4.79 Å². The SMILES string of the molecule is COCCn1c(C(=O)N2CCN(CCO)CC2)cc2ccccc21. The summed E-state index contributed by atoms with van der Waals surface area (Å²) in [5, 5.41) is 10.1. The fourth-order valence-corrected chi connectivity index (χ4v) is 3.29. The lowest BCUT2D eigenvalue weighted by molar-refractivity contribution is 0.0603. The maximum atomic E-state index is 13.0. The number of piperazine rings is 1. The molecular formula is C18H25N3O3. The minimum Gasteiger partial charge on any atom is -0.395 e. The van der Waals surface area contributed by atoms with Gasteiger partial charge < -0.3 is 19.3 Å². The number of aromatic nitrogens is 1. The van der Waals surface area contributed by atoms with E-state index in [1.165, 1.54) is 0 Å². The number of amides is 1. The molecule has 0 radical (unpaired) electrons. The van der Waals surface area contributed by atoms with Crippen LogP contribution in [0.2, 0.25) is 0 Å². The Balaban J connectivity index is 1.81. The van der Waals surface area contributed by atoms with E-state index in [2.05, 4.69) is 9.47 Å². The Morgan fingerprint density at radius 2 is 1.92 bits per heavy atom. The van der Waals surface area contributed by atoms with E-state index >= 15 is 0 Å². The van der Waals surface area contributed by atoms with Crippen molar-refractivity contribution in [3.8, 4) is 0 Å². The number of benzene rings is 1. The molecule has 2 heterocycles. The average molecular weight is 331 g/mol. The summed E-state index contributed by atoms with van der Waals surface area (Å²) in [6, 6.07) is 10.0. The van der Waals surface area contributed by atoms with Gasteiger partial charge >= 0.3 is 0 Å². The molecule has 0 atom stereocenters. The van der Waals surface area contributed by atoms with E-state index in [0.717, 1.165) is 29.7 Å². The lowest BCUT2D eigenvalue weighted by Crippen LogP contribution is -2.49. The Morgan fingerprint density at radius 3 is 2.62 bits per heavy atom. The number of carbonyl (C=O) groups is 1. The molecule has 2 aromatic rings. The number of ether oxygens (including phenoxy) is 1. The Morgan fingerprint density at radius 1 is 1.17 bits per heavy atom. The summed E-state index contributed by atoms with van der Waals surface area (Å²) in [6.45, 7) is 5.10. The number of aliphatic hydroxyl groups is 1. The van der Waals surface area contributed by atoms with E-state index in [-0.39, 0.29) is 12.5 Å². The zero-order chi connectivity index (χ0) is 16.9. The van der Waals surface area contributed by atoms with Crippen LogP contribution in [0.15, 0.2) is 30.3 Å². The van der Waals surface area contributed by atoms with Gasteiger partial charge in [0.05, 0.1) is 13.2 Å². The molecular weight excluding hydrogens is 306 g/mol. The fourth-order valence-electron chi connectivity index (χ4n) is 3.29. The molecule has 1 saturated heterocycles. The van der Waals surface area contributed by atoms with Crippen LogP contribution in [-0.2, 0) is 11.3 Å². The number of rotatable bonds is 6. The lowest BCUT2D eigenvalue weighted by atomic mass is 10.2. The van der Waals surface area contributed by atoms with Gasteiger partial charge in [-0.15, -0.1) is 0 Å². The zero-order valence-electron chi connectivity index (χ0n) is 14.1. The van der Waals surface area contributed by atoms with Crippen molar-refractivity contribution in [3.63, 3.8) is 0 Å². The number of methoxy groups -OCH3 is 1. The van der Waals surface area contributed by atoms with Gasteiger partial charge in [0, 0.05) is 57.3 Å². The van der Waals surface area contributed by atoms with Crippen molar-refractivity contribution in [3.05, 3.63) is 36.0 Å². The van der Waals surface area contributed by atoms with Crippen LogP contribution in [0.1, 0.15) is 10.5 Å². The number of hydrogen-bond donors (Lipinski definition) is 1. The van der Waals surface area contributed by atoms with Crippen molar-refractivity contribution < 1.29 is 14.6 Å². The van der Waals surface area contributed by atoms with Gasteiger partial charge in [-0.1, -0.05) is 18.2 Å². The lowest BCUT2D eigenvalue weighted by Gasteiger charge is -2.34. The monoisotopic (exact) mass is 331 g/mol. The summed E-state index contributed by atoms with van der Waals surface area (Å²) in [5.74, 6) is 0.0750. The number of fused-ring (bicyclic) bond motifs is 1. The minimum atomic E-state index is 0.0750. The Kier molecular flexibility index (Phi) is 5.50. The van der Waals surface area contributed by atoms with Crippen LogP contribution in [0.4, 0.5) is 0 Å². The summed E-state index contributed by atoms with van der Waals surface area (Å²) in [7, 11) is 1.67. The van der Waals surface area contributed by atoms with Gasteiger partial charge in [0.25, 0.3) is 5.91 Å². The third-order valence-corrected chi connectivity index (χ3v) is 4.62. The van der Waals surface area contributed by atoms with Crippen molar-refractivity contribution in [2.45, 2.75) is 6.54 Å². The molecule has 0 unspecified atom stereocenters. The molecule has 130 valence electrons. The fraction of sp³-hybridized carbons (Fsp3) is 0.500. The number of para-hydroxylation sites is 1. The highest BCUT2D eigenvalue weighted by molar-refractivity contribution is 5.98. The molecule has 6 heteroatoms. The third kappa shape index (κ3) is 3.45. The molecule has 1 aromatic heterocycles. The van der Waals surface area contributed by atoms with Crippen LogP contribution in [0.25, 0.3) is 10.9 Å². The molecule has 3 rings (SSSR count). The molecule has 0 spiro atoms. The third-order valence-electron chi connectivity index (χ3n) is 4.62. The summed E-state index contributed by atoms with van der Waals surface area (Å²) in [5.41, 5.74) is 1.79. The molecule has 24 heavy (non-hydrogen) atoms. The van der Waals surface area contributed by atoms with Crippen molar-refractivity contribution in [2.75, 3.05) is 53.0 Å². The van der Waals surface area contributed by atoms with Gasteiger partial charge in [0.1, 0.15) is 5.69 Å². The summed E-state index contributed by atoms with van der Waals surface area (Å²) in [6.07, 6.45) is 0. The zero-order valence-corrected chi connectivity index (χ0v) is 14.1. The largest absolute Gasteiger partial charge is 0.395 e. The van der Waals surface area contributed by atoms with Gasteiger partial charge in [-0.3, -0.25) is 9.69 Å². The molecule has 6 nitrogen and oxygen atoms in total. The first-order chi connectivity index (χ1) is 11.7. The van der Waals surface area contributed by atoms with E-state index in [1.54, 1.807) is 7.11 Å². The van der Waals surface area contributed by atoms with E-state index in [4.69, 9.17) is 9.84 Å². The van der Waals surface area contributed by atoms with Gasteiger partial charge in [-0.2, -0.15) is 0 Å². The Labute approximate surface area is 142 Å². The van der Waals surface area contributed by atoms with Gasteiger partial charge in [-0.25, -0.2) is 0 Å². The molecule has 1 aliphatic heterocycles. The topological polar surface area (TPSA) is 57.9 Å². The summed E-state index contributed by atoms with van der Waals surface area (Å²) >= 11 is 0. The van der Waals surface area contributed by atoms with Crippen molar-refractivity contribution in [2.24, 2.45) is 0 Å². The quantitative estimate of drug-likeness (QED) is 0.859. The average Bonchev–Trinajstić information content (AvgIpc) is 2.99. The van der Waals surface area contributed by atoms with E-state index in [1.807, 2.05) is 35.2 Å². The molecule has 0 saturated carbocycles. The standard InChI is InChI=1S/C18H25N3O3/c1-24-13-11-21-16-5-3-2-4-15(16)14-17(21)18(23)20-8-6-19(7-9-20)10-12-22/h2-5,14,22H,6-13H2,1H3. The first-order valence-electron chi connectivity index (χ1n) is 8.44.